The van der Waals surface area contributed by atoms with Crippen LogP contribution in [0.15, 0.2) is 41.5 Å². The molecule has 1 aromatic carbocycles. The Labute approximate surface area is 109 Å². The van der Waals surface area contributed by atoms with Crippen LogP contribution in [0.2, 0.25) is 0 Å². The van der Waals surface area contributed by atoms with Gasteiger partial charge in [0.1, 0.15) is 6.04 Å². The van der Waals surface area contributed by atoms with Gasteiger partial charge in [-0.2, -0.15) is 0 Å². The second kappa shape index (κ2) is 5.43. The summed E-state index contributed by atoms with van der Waals surface area (Å²) in [6, 6.07) is 6.40. The highest BCUT2D eigenvalue weighted by molar-refractivity contribution is 5.77. The molecule has 6 heteroatoms. The van der Waals surface area contributed by atoms with E-state index in [0.29, 0.717) is 12.1 Å². The summed E-state index contributed by atoms with van der Waals surface area (Å²) in [6.07, 6.45) is 3.69. The highest BCUT2D eigenvalue weighted by atomic mass is 16.4. The number of benzene rings is 1. The van der Waals surface area contributed by atoms with Gasteiger partial charge in [-0.3, -0.25) is 4.57 Å². The summed E-state index contributed by atoms with van der Waals surface area (Å²) < 4.78 is 1.47. The normalized spacial score (nSPS) is 12.1. The first-order chi connectivity index (χ1) is 9.11. The predicted octanol–water partition coefficient (Wildman–Crippen LogP) is 1.44. The van der Waals surface area contributed by atoms with Crippen LogP contribution < -0.4 is 11.0 Å². The summed E-state index contributed by atoms with van der Waals surface area (Å²) >= 11 is 0. The highest BCUT2D eigenvalue weighted by Gasteiger charge is 2.14. The Balaban J connectivity index is 2.17. The lowest BCUT2D eigenvalue weighted by molar-refractivity contribution is -0.137. The van der Waals surface area contributed by atoms with E-state index in [4.69, 9.17) is 5.11 Å². The molecule has 0 aliphatic carbocycles. The molecule has 0 aliphatic rings. The van der Waals surface area contributed by atoms with E-state index in [1.165, 1.54) is 4.57 Å². The molecule has 0 amide bonds. The van der Waals surface area contributed by atoms with Crippen molar-refractivity contribution in [3.63, 3.8) is 0 Å². The lowest BCUT2D eigenvalue weighted by atomic mass is 10.2. The SMILES string of the molecule is CCC(Nc1ccc(-n2cc[nH]c2=O)cc1)C(=O)O. The molecule has 1 unspecified atom stereocenters. The van der Waals surface area contributed by atoms with Gasteiger partial charge >= 0.3 is 11.7 Å². The monoisotopic (exact) mass is 261 g/mol. The second-order valence-corrected chi connectivity index (χ2v) is 4.13. The zero-order valence-electron chi connectivity index (χ0n) is 10.5. The summed E-state index contributed by atoms with van der Waals surface area (Å²) in [7, 11) is 0. The fraction of sp³-hybridized carbons (Fsp3) is 0.231. The van der Waals surface area contributed by atoms with Gasteiger partial charge in [0, 0.05) is 18.1 Å². The largest absolute Gasteiger partial charge is 0.480 e. The number of hydrogen-bond donors (Lipinski definition) is 3. The molecule has 3 N–H and O–H groups in total. The van der Waals surface area contributed by atoms with E-state index in [-0.39, 0.29) is 5.69 Å². The van der Waals surface area contributed by atoms with Crippen molar-refractivity contribution >= 4 is 11.7 Å². The first-order valence-electron chi connectivity index (χ1n) is 5.97. The molecule has 100 valence electrons. The summed E-state index contributed by atoms with van der Waals surface area (Å²) in [5.74, 6) is -0.881. The van der Waals surface area contributed by atoms with Crippen LogP contribution >= 0.6 is 0 Å². The van der Waals surface area contributed by atoms with Gasteiger partial charge in [-0.1, -0.05) is 6.92 Å². The van der Waals surface area contributed by atoms with Crippen molar-refractivity contribution in [3.8, 4) is 5.69 Å². The third kappa shape index (κ3) is 2.85. The molecule has 2 aromatic rings. The minimum atomic E-state index is -0.881. The van der Waals surface area contributed by atoms with Crippen molar-refractivity contribution in [1.29, 1.82) is 0 Å². The molecule has 0 bridgehead atoms. The number of rotatable bonds is 5. The van der Waals surface area contributed by atoms with Crippen molar-refractivity contribution in [3.05, 3.63) is 47.1 Å². The summed E-state index contributed by atoms with van der Waals surface area (Å²) in [5, 5.41) is 11.9. The molecular weight excluding hydrogens is 246 g/mol. The number of imidazole rings is 1. The molecule has 1 atom stereocenters. The molecule has 6 nitrogen and oxygen atoms in total. The van der Waals surface area contributed by atoms with Gasteiger partial charge in [-0.25, -0.2) is 9.59 Å². The first-order valence-corrected chi connectivity index (χ1v) is 5.97. The van der Waals surface area contributed by atoms with E-state index in [9.17, 15) is 9.59 Å². The fourth-order valence-electron chi connectivity index (χ4n) is 1.78. The second-order valence-electron chi connectivity index (χ2n) is 4.13. The molecule has 1 aromatic heterocycles. The Morgan fingerprint density at radius 3 is 2.58 bits per heavy atom. The molecule has 19 heavy (non-hydrogen) atoms. The Morgan fingerprint density at radius 1 is 1.42 bits per heavy atom. The minimum Gasteiger partial charge on any atom is -0.480 e. The van der Waals surface area contributed by atoms with Crippen LogP contribution in [-0.2, 0) is 4.79 Å². The maximum Gasteiger partial charge on any atom is 0.330 e. The number of nitrogens with one attached hydrogen (secondary N) is 2. The molecule has 0 saturated carbocycles. The van der Waals surface area contributed by atoms with E-state index in [1.54, 1.807) is 43.6 Å². The van der Waals surface area contributed by atoms with Crippen LogP contribution in [0, 0.1) is 0 Å². The van der Waals surface area contributed by atoms with Crippen LogP contribution in [0.5, 0.6) is 0 Å². The van der Waals surface area contributed by atoms with Crippen LogP contribution in [0.3, 0.4) is 0 Å². The lowest BCUT2D eigenvalue weighted by Crippen LogP contribution is -2.28. The van der Waals surface area contributed by atoms with Crippen LogP contribution in [0.25, 0.3) is 5.69 Å². The van der Waals surface area contributed by atoms with E-state index in [0.717, 1.165) is 5.69 Å². The maximum atomic E-state index is 11.4. The molecule has 1 heterocycles. The van der Waals surface area contributed by atoms with Gasteiger partial charge in [0.05, 0.1) is 5.69 Å². The Morgan fingerprint density at radius 2 is 2.11 bits per heavy atom. The number of aliphatic carboxylic acids is 1. The Kier molecular flexibility index (Phi) is 3.70. The smallest absolute Gasteiger partial charge is 0.330 e. The van der Waals surface area contributed by atoms with Gasteiger partial charge < -0.3 is 15.4 Å². The number of anilines is 1. The number of carboxylic acid groups (broad SMARTS) is 1. The fourth-order valence-corrected chi connectivity index (χ4v) is 1.78. The lowest BCUT2D eigenvalue weighted by Gasteiger charge is -2.13. The van der Waals surface area contributed by atoms with E-state index in [1.807, 2.05) is 0 Å². The van der Waals surface area contributed by atoms with Crippen LogP contribution in [-0.4, -0.2) is 26.7 Å². The molecular formula is C13H15N3O3. The van der Waals surface area contributed by atoms with Gasteiger partial charge in [0.25, 0.3) is 0 Å². The highest BCUT2D eigenvalue weighted by Crippen LogP contribution is 2.13. The number of hydrogen-bond acceptors (Lipinski definition) is 3. The average Bonchev–Trinajstić information content (AvgIpc) is 2.82. The number of carboxylic acids is 1. The number of aromatic amines is 1. The van der Waals surface area contributed by atoms with Gasteiger partial charge in [-0.15, -0.1) is 0 Å². The number of aromatic nitrogens is 2. The van der Waals surface area contributed by atoms with E-state index < -0.39 is 12.0 Å². The van der Waals surface area contributed by atoms with Crippen LogP contribution in [0.4, 0.5) is 5.69 Å². The number of nitrogens with zero attached hydrogens (tertiary/aromatic N) is 1. The molecule has 0 fully saturated rings. The van der Waals surface area contributed by atoms with Crippen molar-refractivity contribution in [2.45, 2.75) is 19.4 Å². The van der Waals surface area contributed by atoms with E-state index in [2.05, 4.69) is 10.3 Å². The molecule has 2 rings (SSSR count). The Hall–Kier alpha value is -2.50. The van der Waals surface area contributed by atoms with Crippen LogP contribution in [0.1, 0.15) is 13.3 Å². The topological polar surface area (TPSA) is 87.1 Å². The van der Waals surface area contributed by atoms with Crippen molar-refractivity contribution in [2.24, 2.45) is 0 Å². The minimum absolute atomic E-state index is 0.210. The van der Waals surface area contributed by atoms with Crippen molar-refractivity contribution in [2.75, 3.05) is 5.32 Å². The summed E-state index contributed by atoms with van der Waals surface area (Å²) in [6.45, 7) is 1.81. The zero-order valence-corrected chi connectivity index (χ0v) is 10.5. The number of carbonyl (C=O) groups is 1. The Bertz CT molecular complexity index is 613. The van der Waals surface area contributed by atoms with E-state index >= 15 is 0 Å². The first kappa shape index (κ1) is 12.9. The number of H-pyrrole nitrogens is 1. The van der Waals surface area contributed by atoms with Crippen molar-refractivity contribution < 1.29 is 9.90 Å². The third-order valence-corrected chi connectivity index (χ3v) is 2.84. The third-order valence-electron chi connectivity index (χ3n) is 2.84. The quantitative estimate of drug-likeness (QED) is 0.760. The molecule has 0 spiro atoms. The summed E-state index contributed by atoms with van der Waals surface area (Å²) in [4.78, 5) is 24.9. The zero-order chi connectivity index (χ0) is 13.8. The summed E-state index contributed by atoms with van der Waals surface area (Å²) in [5.41, 5.74) is 1.22. The molecule has 0 aliphatic heterocycles. The van der Waals surface area contributed by atoms with Gasteiger partial charge in [0.2, 0.25) is 0 Å². The average molecular weight is 261 g/mol. The van der Waals surface area contributed by atoms with Crippen molar-refractivity contribution in [1.82, 2.24) is 9.55 Å². The van der Waals surface area contributed by atoms with Gasteiger partial charge in [0.15, 0.2) is 0 Å². The molecule has 0 radical (unpaired) electrons. The molecule has 0 saturated heterocycles. The maximum absolute atomic E-state index is 11.4. The standard InChI is InChI=1S/C13H15N3O3/c1-2-11(12(17)18)15-9-3-5-10(6-4-9)16-8-7-14-13(16)19/h3-8,11,15H,2H2,1H3,(H,14,19)(H,17,18). The predicted molar refractivity (Wildman–Crippen MR) is 71.7 cm³/mol. The van der Waals surface area contributed by atoms with Gasteiger partial charge in [-0.05, 0) is 30.7 Å².